The Morgan fingerprint density at radius 2 is 2.32 bits per heavy atom. The highest BCUT2D eigenvalue weighted by atomic mass is 32.2. The van der Waals surface area contributed by atoms with Crippen LogP contribution in [0.4, 0.5) is 0 Å². The molecule has 0 spiro atoms. The number of carbonyl (C=O) groups excluding carboxylic acids is 1. The molecule has 25 heavy (non-hydrogen) atoms. The maximum atomic E-state index is 12.1. The normalized spacial score (nSPS) is 14.4. The lowest BCUT2D eigenvalue weighted by atomic mass is 9.97. The first kappa shape index (κ1) is 17.8. The molecule has 0 bridgehead atoms. The lowest BCUT2D eigenvalue weighted by molar-refractivity contribution is -0.118. The molecule has 0 unspecified atom stereocenters. The van der Waals surface area contributed by atoms with Gasteiger partial charge in [-0.25, -0.2) is 0 Å². The number of thioether (sulfide) groups is 1. The monoisotopic (exact) mass is 360 g/mol. The second-order valence-electron chi connectivity index (χ2n) is 6.02. The number of nitrogens with zero attached hydrogens (tertiary/aromatic N) is 3. The third-order valence-corrected chi connectivity index (χ3v) is 5.23. The number of carbonyl (C=O) groups is 1. The Labute approximate surface area is 152 Å². The van der Waals surface area contributed by atoms with Crippen LogP contribution in [-0.4, -0.2) is 33.0 Å². The quantitative estimate of drug-likeness (QED) is 0.574. The molecule has 0 aliphatic heterocycles. The second kappa shape index (κ2) is 8.89. The number of aromatic nitrogens is 3. The first-order valence-electron chi connectivity index (χ1n) is 8.82. The van der Waals surface area contributed by atoms with Gasteiger partial charge in [0, 0.05) is 13.1 Å². The number of hydrogen-bond donors (Lipinski definition) is 1. The van der Waals surface area contributed by atoms with Gasteiger partial charge in [-0.05, 0) is 51.2 Å². The van der Waals surface area contributed by atoms with Crippen molar-refractivity contribution in [3.8, 4) is 11.6 Å². The molecule has 1 amide bonds. The highest BCUT2D eigenvalue weighted by Crippen LogP contribution is 2.24. The van der Waals surface area contributed by atoms with Crippen LogP contribution in [0.1, 0.15) is 39.0 Å². The molecule has 134 valence electrons. The zero-order valence-corrected chi connectivity index (χ0v) is 15.3. The van der Waals surface area contributed by atoms with E-state index in [2.05, 4.69) is 21.6 Å². The van der Waals surface area contributed by atoms with Crippen molar-refractivity contribution < 1.29 is 9.21 Å². The molecule has 1 aliphatic carbocycles. The topological polar surface area (TPSA) is 73.0 Å². The van der Waals surface area contributed by atoms with Crippen molar-refractivity contribution in [2.75, 3.05) is 12.3 Å². The number of allylic oxidation sites excluding steroid dienone is 1. The molecule has 2 aromatic heterocycles. The molecule has 0 saturated heterocycles. The summed E-state index contributed by atoms with van der Waals surface area (Å²) >= 11 is 1.40. The molecule has 0 fully saturated rings. The van der Waals surface area contributed by atoms with Crippen molar-refractivity contribution in [2.45, 2.75) is 50.7 Å². The van der Waals surface area contributed by atoms with E-state index in [0.29, 0.717) is 23.9 Å². The summed E-state index contributed by atoms with van der Waals surface area (Å²) in [5, 5.41) is 12.1. The van der Waals surface area contributed by atoms with Gasteiger partial charge in [0.05, 0.1) is 12.0 Å². The predicted octanol–water partition coefficient (Wildman–Crippen LogP) is 3.66. The van der Waals surface area contributed by atoms with Crippen molar-refractivity contribution in [3.05, 3.63) is 30.0 Å². The van der Waals surface area contributed by atoms with Crippen LogP contribution < -0.4 is 5.32 Å². The molecule has 0 aromatic carbocycles. The van der Waals surface area contributed by atoms with Gasteiger partial charge in [0.15, 0.2) is 16.7 Å². The van der Waals surface area contributed by atoms with E-state index in [1.165, 1.54) is 43.0 Å². The van der Waals surface area contributed by atoms with Crippen LogP contribution in [0, 0.1) is 0 Å². The van der Waals surface area contributed by atoms with Crippen LogP contribution in [0.5, 0.6) is 0 Å². The van der Waals surface area contributed by atoms with Crippen molar-refractivity contribution in [3.63, 3.8) is 0 Å². The molecule has 1 N–H and O–H groups in total. The van der Waals surface area contributed by atoms with Crippen molar-refractivity contribution in [2.24, 2.45) is 0 Å². The Morgan fingerprint density at radius 3 is 3.04 bits per heavy atom. The predicted molar refractivity (Wildman–Crippen MR) is 98.3 cm³/mol. The van der Waals surface area contributed by atoms with Gasteiger partial charge in [0.25, 0.3) is 0 Å². The molecule has 0 atom stereocenters. The number of amides is 1. The van der Waals surface area contributed by atoms with Gasteiger partial charge in [0.1, 0.15) is 0 Å². The Bertz CT molecular complexity index is 722. The summed E-state index contributed by atoms with van der Waals surface area (Å²) in [5.74, 6) is 1.76. The highest BCUT2D eigenvalue weighted by molar-refractivity contribution is 7.99. The summed E-state index contributed by atoms with van der Waals surface area (Å²) in [6, 6.07) is 3.68. The Balaban J connectivity index is 1.48. The van der Waals surface area contributed by atoms with Crippen LogP contribution in [-0.2, 0) is 11.3 Å². The summed E-state index contributed by atoms with van der Waals surface area (Å²) < 4.78 is 7.36. The summed E-state index contributed by atoms with van der Waals surface area (Å²) in [4.78, 5) is 12.1. The Hall–Kier alpha value is -2.02. The van der Waals surface area contributed by atoms with E-state index in [-0.39, 0.29) is 5.91 Å². The van der Waals surface area contributed by atoms with Gasteiger partial charge in [-0.15, -0.1) is 10.2 Å². The molecule has 6 nitrogen and oxygen atoms in total. The average Bonchev–Trinajstić information content (AvgIpc) is 3.30. The van der Waals surface area contributed by atoms with Crippen LogP contribution >= 0.6 is 11.8 Å². The second-order valence-corrected chi connectivity index (χ2v) is 6.97. The maximum absolute atomic E-state index is 12.1. The minimum atomic E-state index is 0.0339. The summed E-state index contributed by atoms with van der Waals surface area (Å²) in [6.07, 6.45) is 9.84. The third kappa shape index (κ3) is 4.75. The Kier molecular flexibility index (Phi) is 6.33. The lowest BCUT2D eigenvalue weighted by Gasteiger charge is -2.12. The van der Waals surface area contributed by atoms with Gasteiger partial charge >= 0.3 is 0 Å². The smallest absolute Gasteiger partial charge is 0.230 e. The van der Waals surface area contributed by atoms with E-state index in [1.54, 1.807) is 6.26 Å². The summed E-state index contributed by atoms with van der Waals surface area (Å²) in [6.45, 7) is 3.46. The minimum Gasteiger partial charge on any atom is -0.461 e. The average molecular weight is 360 g/mol. The molecule has 0 saturated carbocycles. The SMILES string of the molecule is CCn1c(SCC(=O)NCCC2=CCCCC2)nnc1-c1ccco1. The third-order valence-electron chi connectivity index (χ3n) is 4.26. The van der Waals surface area contributed by atoms with Crippen LogP contribution in [0.3, 0.4) is 0 Å². The van der Waals surface area contributed by atoms with Gasteiger partial charge in [0.2, 0.25) is 5.91 Å². The summed E-state index contributed by atoms with van der Waals surface area (Å²) in [5.41, 5.74) is 1.48. The standard InChI is InChI=1S/C18H24N4O2S/c1-2-22-17(15-9-6-12-24-15)20-21-18(22)25-13-16(23)19-11-10-14-7-4-3-5-8-14/h6-7,9,12H,2-5,8,10-11,13H2,1H3,(H,19,23). The van der Waals surface area contributed by atoms with E-state index in [4.69, 9.17) is 4.42 Å². The van der Waals surface area contributed by atoms with E-state index < -0.39 is 0 Å². The summed E-state index contributed by atoms with van der Waals surface area (Å²) in [7, 11) is 0. The van der Waals surface area contributed by atoms with Crippen molar-refractivity contribution >= 4 is 17.7 Å². The van der Waals surface area contributed by atoms with Crippen molar-refractivity contribution in [1.82, 2.24) is 20.1 Å². The zero-order chi connectivity index (χ0) is 17.5. The number of hydrogen-bond acceptors (Lipinski definition) is 5. The molecule has 2 aromatic rings. The first-order valence-corrected chi connectivity index (χ1v) is 9.81. The van der Waals surface area contributed by atoms with Crippen LogP contribution in [0.15, 0.2) is 39.6 Å². The minimum absolute atomic E-state index is 0.0339. The molecule has 1 aliphatic rings. The first-order chi connectivity index (χ1) is 12.3. The van der Waals surface area contributed by atoms with Crippen LogP contribution in [0.2, 0.25) is 0 Å². The van der Waals surface area contributed by atoms with E-state index in [9.17, 15) is 4.79 Å². The number of nitrogens with one attached hydrogen (secondary N) is 1. The fraction of sp³-hybridized carbons (Fsp3) is 0.500. The molecule has 3 rings (SSSR count). The van der Waals surface area contributed by atoms with Gasteiger partial charge in [-0.1, -0.05) is 23.4 Å². The molecular weight excluding hydrogens is 336 g/mol. The van der Waals surface area contributed by atoms with E-state index in [1.807, 2.05) is 23.6 Å². The van der Waals surface area contributed by atoms with E-state index >= 15 is 0 Å². The number of furan rings is 1. The van der Waals surface area contributed by atoms with Gasteiger partial charge in [-0.3, -0.25) is 9.36 Å². The fourth-order valence-electron chi connectivity index (χ4n) is 2.94. The molecule has 7 heteroatoms. The van der Waals surface area contributed by atoms with Crippen LogP contribution in [0.25, 0.3) is 11.6 Å². The fourth-order valence-corrected chi connectivity index (χ4v) is 3.78. The largest absolute Gasteiger partial charge is 0.461 e. The molecule has 0 radical (unpaired) electrons. The Morgan fingerprint density at radius 1 is 1.40 bits per heavy atom. The van der Waals surface area contributed by atoms with Gasteiger partial charge in [-0.2, -0.15) is 0 Å². The molecular formula is C18H24N4O2S. The maximum Gasteiger partial charge on any atom is 0.230 e. The zero-order valence-electron chi connectivity index (χ0n) is 14.5. The van der Waals surface area contributed by atoms with Crippen molar-refractivity contribution in [1.29, 1.82) is 0 Å². The number of rotatable bonds is 8. The highest BCUT2D eigenvalue weighted by Gasteiger charge is 2.16. The van der Waals surface area contributed by atoms with E-state index in [0.717, 1.165) is 18.1 Å². The lowest BCUT2D eigenvalue weighted by Crippen LogP contribution is -2.26. The molecule has 2 heterocycles. The van der Waals surface area contributed by atoms with Gasteiger partial charge < -0.3 is 9.73 Å².